The van der Waals surface area contributed by atoms with Gasteiger partial charge in [-0.2, -0.15) is 0 Å². The lowest BCUT2D eigenvalue weighted by molar-refractivity contribution is -0.149. The monoisotopic (exact) mass is 272 g/mol. The van der Waals surface area contributed by atoms with Crippen LogP contribution >= 0.6 is 0 Å². The largest absolute Gasteiger partial charge is 0.481 e. The standard InChI is InChI=1S/C15H28O4/c1-5-12(6-2)10-15(4,14(18)19)9-7-8-11(3)13(16)17/h11-12H,5-10H2,1-4H3,(H,16,17)(H,18,19). The maximum Gasteiger partial charge on any atom is 0.309 e. The third-order valence-corrected chi connectivity index (χ3v) is 4.20. The maximum absolute atomic E-state index is 11.5. The second-order valence-corrected chi connectivity index (χ2v) is 5.88. The predicted molar refractivity (Wildman–Crippen MR) is 75.1 cm³/mol. The molecule has 0 aromatic carbocycles. The zero-order valence-electron chi connectivity index (χ0n) is 12.6. The molecular weight excluding hydrogens is 244 g/mol. The van der Waals surface area contributed by atoms with Gasteiger partial charge in [0.25, 0.3) is 0 Å². The molecule has 0 saturated heterocycles. The van der Waals surface area contributed by atoms with Gasteiger partial charge in [0.1, 0.15) is 0 Å². The summed E-state index contributed by atoms with van der Waals surface area (Å²) in [5.41, 5.74) is -0.727. The van der Waals surface area contributed by atoms with Crippen molar-refractivity contribution in [2.45, 2.75) is 66.2 Å². The van der Waals surface area contributed by atoms with Gasteiger partial charge in [-0.25, -0.2) is 0 Å². The molecule has 2 atom stereocenters. The Morgan fingerprint density at radius 1 is 1.16 bits per heavy atom. The minimum atomic E-state index is -0.808. The topological polar surface area (TPSA) is 74.6 Å². The van der Waals surface area contributed by atoms with E-state index in [1.54, 1.807) is 13.8 Å². The smallest absolute Gasteiger partial charge is 0.309 e. The van der Waals surface area contributed by atoms with Gasteiger partial charge in [0.2, 0.25) is 0 Å². The summed E-state index contributed by atoms with van der Waals surface area (Å²) in [6, 6.07) is 0. The van der Waals surface area contributed by atoms with Crippen LogP contribution in [-0.4, -0.2) is 22.2 Å². The van der Waals surface area contributed by atoms with Gasteiger partial charge < -0.3 is 10.2 Å². The molecule has 19 heavy (non-hydrogen) atoms. The zero-order valence-corrected chi connectivity index (χ0v) is 12.6. The van der Waals surface area contributed by atoms with Crippen molar-refractivity contribution in [3.63, 3.8) is 0 Å². The highest BCUT2D eigenvalue weighted by Crippen LogP contribution is 2.35. The van der Waals surface area contributed by atoms with Crippen molar-refractivity contribution in [3.8, 4) is 0 Å². The lowest BCUT2D eigenvalue weighted by Crippen LogP contribution is -2.30. The van der Waals surface area contributed by atoms with Crippen molar-refractivity contribution >= 4 is 11.9 Å². The van der Waals surface area contributed by atoms with Crippen LogP contribution < -0.4 is 0 Å². The number of carbonyl (C=O) groups is 2. The van der Waals surface area contributed by atoms with E-state index < -0.39 is 23.3 Å². The average molecular weight is 272 g/mol. The Balaban J connectivity index is 4.47. The van der Waals surface area contributed by atoms with Crippen LogP contribution in [0.2, 0.25) is 0 Å². The fourth-order valence-electron chi connectivity index (χ4n) is 2.43. The number of rotatable bonds is 10. The van der Waals surface area contributed by atoms with Crippen molar-refractivity contribution in [3.05, 3.63) is 0 Å². The van der Waals surface area contributed by atoms with Crippen LogP contribution in [0.4, 0.5) is 0 Å². The fraction of sp³-hybridized carbons (Fsp3) is 0.867. The summed E-state index contributed by atoms with van der Waals surface area (Å²) >= 11 is 0. The van der Waals surface area contributed by atoms with Gasteiger partial charge in [0.05, 0.1) is 11.3 Å². The van der Waals surface area contributed by atoms with E-state index in [4.69, 9.17) is 5.11 Å². The highest BCUT2D eigenvalue weighted by molar-refractivity contribution is 5.74. The van der Waals surface area contributed by atoms with Gasteiger partial charge in [-0.1, -0.05) is 40.0 Å². The van der Waals surface area contributed by atoms with Crippen molar-refractivity contribution in [2.24, 2.45) is 17.3 Å². The van der Waals surface area contributed by atoms with Crippen LogP contribution in [0.5, 0.6) is 0 Å². The molecule has 0 aliphatic carbocycles. The lowest BCUT2D eigenvalue weighted by atomic mass is 9.75. The van der Waals surface area contributed by atoms with E-state index in [-0.39, 0.29) is 0 Å². The van der Waals surface area contributed by atoms with Gasteiger partial charge in [-0.05, 0) is 32.1 Å². The summed E-state index contributed by atoms with van der Waals surface area (Å²) in [4.78, 5) is 22.2. The van der Waals surface area contributed by atoms with E-state index in [1.807, 2.05) is 0 Å². The molecule has 0 aliphatic heterocycles. The molecule has 0 radical (unpaired) electrons. The van der Waals surface area contributed by atoms with E-state index in [9.17, 15) is 14.7 Å². The summed E-state index contributed by atoms with van der Waals surface area (Å²) in [5.74, 6) is -1.54. The summed E-state index contributed by atoms with van der Waals surface area (Å²) in [7, 11) is 0. The third kappa shape index (κ3) is 6.08. The average Bonchev–Trinajstić information content (AvgIpc) is 2.35. The number of carboxylic acids is 2. The molecule has 4 heteroatoms. The summed E-state index contributed by atoms with van der Waals surface area (Å²) in [6.07, 6.45) is 4.40. The first-order chi connectivity index (χ1) is 8.76. The molecule has 0 amide bonds. The third-order valence-electron chi connectivity index (χ3n) is 4.20. The van der Waals surface area contributed by atoms with Crippen LogP contribution in [0.25, 0.3) is 0 Å². The van der Waals surface area contributed by atoms with Gasteiger partial charge in [-0.15, -0.1) is 0 Å². The van der Waals surface area contributed by atoms with Crippen LogP contribution in [0.3, 0.4) is 0 Å². The Morgan fingerprint density at radius 3 is 2.05 bits per heavy atom. The molecule has 2 unspecified atom stereocenters. The molecule has 4 nitrogen and oxygen atoms in total. The van der Waals surface area contributed by atoms with Crippen molar-refractivity contribution in [2.75, 3.05) is 0 Å². The first kappa shape index (κ1) is 17.9. The fourth-order valence-corrected chi connectivity index (χ4v) is 2.43. The second-order valence-electron chi connectivity index (χ2n) is 5.88. The molecule has 0 aliphatic rings. The number of hydrogen-bond acceptors (Lipinski definition) is 2. The quantitative estimate of drug-likeness (QED) is 0.634. The molecule has 0 heterocycles. The van der Waals surface area contributed by atoms with Gasteiger partial charge in [0.15, 0.2) is 0 Å². The van der Waals surface area contributed by atoms with E-state index in [0.717, 1.165) is 12.8 Å². The van der Waals surface area contributed by atoms with Crippen molar-refractivity contribution in [1.29, 1.82) is 0 Å². The van der Waals surface area contributed by atoms with Crippen LogP contribution in [0.15, 0.2) is 0 Å². The zero-order chi connectivity index (χ0) is 15.1. The van der Waals surface area contributed by atoms with Crippen LogP contribution in [0, 0.1) is 17.3 Å². The molecule has 2 N–H and O–H groups in total. The molecule has 0 aromatic rings. The number of hydrogen-bond donors (Lipinski definition) is 2. The highest BCUT2D eigenvalue weighted by Gasteiger charge is 2.34. The summed E-state index contributed by atoms with van der Waals surface area (Å²) < 4.78 is 0. The van der Waals surface area contributed by atoms with Gasteiger partial charge in [0, 0.05) is 0 Å². The Bertz CT molecular complexity index is 297. The van der Waals surface area contributed by atoms with Gasteiger partial charge in [-0.3, -0.25) is 9.59 Å². The first-order valence-corrected chi connectivity index (χ1v) is 7.23. The number of carboxylic acid groups (broad SMARTS) is 2. The normalized spacial score (nSPS) is 16.1. The summed E-state index contributed by atoms with van der Waals surface area (Å²) in [6.45, 7) is 7.63. The SMILES string of the molecule is CCC(CC)CC(C)(CCCC(C)C(=O)O)C(=O)O. The Labute approximate surface area is 116 Å². The van der Waals surface area contributed by atoms with E-state index in [0.29, 0.717) is 31.6 Å². The molecule has 0 saturated carbocycles. The highest BCUT2D eigenvalue weighted by atomic mass is 16.4. The Morgan fingerprint density at radius 2 is 1.68 bits per heavy atom. The van der Waals surface area contributed by atoms with Crippen LogP contribution in [0.1, 0.15) is 66.2 Å². The minimum Gasteiger partial charge on any atom is -0.481 e. The second kappa shape index (κ2) is 8.18. The van der Waals surface area contributed by atoms with Crippen molar-refractivity contribution < 1.29 is 19.8 Å². The molecule has 0 aromatic heterocycles. The van der Waals surface area contributed by atoms with E-state index >= 15 is 0 Å². The summed E-state index contributed by atoms with van der Waals surface area (Å²) in [5, 5.41) is 18.3. The van der Waals surface area contributed by atoms with Gasteiger partial charge >= 0.3 is 11.9 Å². The van der Waals surface area contributed by atoms with Crippen molar-refractivity contribution in [1.82, 2.24) is 0 Å². The minimum absolute atomic E-state index is 0.397. The molecule has 112 valence electrons. The molecule has 0 fully saturated rings. The molecular formula is C15H28O4. The first-order valence-electron chi connectivity index (χ1n) is 7.23. The maximum atomic E-state index is 11.5. The van der Waals surface area contributed by atoms with Crippen LogP contribution in [-0.2, 0) is 9.59 Å². The van der Waals surface area contributed by atoms with E-state index in [1.165, 1.54) is 0 Å². The predicted octanol–water partition coefficient (Wildman–Crippen LogP) is 3.79. The Hall–Kier alpha value is -1.06. The lowest BCUT2D eigenvalue weighted by Gasteiger charge is -2.29. The van der Waals surface area contributed by atoms with E-state index in [2.05, 4.69) is 13.8 Å². The molecule has 0 spiro atoms. The molecule has 0 bridgehead atoms. The number of aliphatic carboxylic acids is 2. The molecule has 0 rings (SSSR count). The Kier molecular flexibility index (Phi) is 7.72.